The van der Waals surface area contributed by atoms with Crippen LogP contribution in [-0.2, 0) is 10.2 Å². The summed E-state index contributed by atoms with van der Waals surface area (Å²) in [5, 5.41) is 3.77. The number of halogens is 2. The van der Waals surface area contributed by atoms with E-state index in [1.165, 1.54) is 12.1 Å². The Kier molecular flexibility index (Phi) is 3.27. The Labute approximate surface area is 141 Å². The quantitative estimate of drug-likeness (QED) is 0.685. The lowest BCUT2D eigenvalue weighted by Gasteiger charge is -2.16. The summed E-state index contributed by atoms with van der Waals surface area (Å²) in [6.45, 7) is 0. The highest BCUT2D eigenvalue weighted by Crippen LogP contribution is 2.51. The Balaban J connectivity index is 1.71. The van der Waals surface area contributed by atoms with Crippen molar-refractivity contribution in [3.8, 4) is 0 Å². The zero-order chi connectivity index (χ0) is 16.0. The van der Waals surface area contributed by atoms with Crippen molar-refractivity contribution in [3.05, 3.63) is 64.5 Å². The molecule has 0 saturated heterocycles. The van der Waals surface area contributed by atoms with E-state index in [-0.39, 0.29) is 11.7 Å². The smallest absolute Gasteiger partial charge is 0.235 e. The third-order valence-electron chi connectivity index (χ3n) is 4.47. The summed E-state index contributed by atoms with van der Waals surface area (Å²) in [4.78, 5) is 16.0. The normalized spacial score (nSPS) is 15.6. The number of nitrogens with one attached hydrogen (secondary N) is 2. The Morgan fingerprint density at radius 3 is 2.74 bits per heavy atom. The molecule has 0 unspecified atom stereocenters. The SMILES string of the molecule is O=C(Nc1ccccc1Br)C1(c2c[nH]c3ccc(F)cc23)CC1. The topological polar surface area (TPSA) is 44.9 Å². The first-order valence-electron chi connectivity index (χ1n) is 7.43. The lowest BCUT2D eigenvalue weighted by Crippen LogP contribution is -2.27. The molecule has 0 atom stereocenters. The maximum atomic E-state index is 13.6. The predicted molar refractivity (Wildman–Crippen MR) is 91.9 cm³/mol. The lowest BCUT2D eigenvalue weighted by atomic mass is 9.94. The second kappa shape index (κ2) is 5.20. The number of fused-ring (bicyclic) bond motifs is 1. The molecule has 0 spiro atoms. The van der Waals surface area contributed by atoms with Crippen LogP contribution in [0.4, 0.5) is 10.1 Å². The molecule has 1 aliphatic carbocycles. The summed E-state index contributed by atoms with van der Waals surface area (Å²) in [6, 6.07) is 12.1. The van der Waals surface area contributed by atoms with Crippen LogP contribution in [0.5, 0.6) is 0 Å². The van der Waals surface area contributed by atoms with Gasteiger partial charge in [-0.1, -0.05) is 12.1 Å². The number of para-hydroxylation sites is 1. The minimum Gasteiger partial charge on any atom is -0.361 e. The first-order chi connectivity index (χ1) is 11.1. The van der Waals surface area contributed by atoms with Gasteiger partial charge in [-0.25, -0.2) is 4.39 Å². The standard InChI is InChI=1S/C18H14BrFN2O/c19-14-3-1-2-4-16(14)22-17(23)18(7-8-18)13-10-21-15-6-5-11(20)9-12(13)15/h1-6,9-10,21H,7-8H2,(H,22,23). The van der Waals surface area contributed by atoms with E-state index in [1.54, 1.807) is 6.07 Å². The van der Waals surface area contributed by atoms with Gasteiger partial charge in [0.05, 0.1) is 11.1 Å². The van der Waals surface area contributed by atoms with E-state index >= 15 is 0 Å². The molecule has 2 N–H and O–H groups in total. The van der Waals surface area contributed by atoms with E-state index in [4.69, 9.17) is 0 Å². The van der Waals surface area contributed by atoms with E-state index < -0.39 is 5.41 Å². The lowest BCUT2D eigenvalue weighted by molar-refractivity contribution is -0.118. The first-order valence-corrected chi connectivity index (χ1v) is 8.22. The monoisotopic (exact) mass is 372 g/mol. The molecular formula is C18H14BrFN2O. The van der Waals surface area contributed by atoms with Crippen molar-refractivity contribution in [2.45, 2.75) is 18.3 Å². The van der Waals surface area contributed by atoms with E-state index in [2.05, 4.69) is 26.2 Å². The summed E-state index contributed by atoms with van der Waals surface area (Å²) in [6.07, 6.45) is 3.37. The summed E-state index contributed by atoms with van der Waals surface area (Å²) in [7, 11) is 0. The van der Waals surface area contributed by atoms with Crippen LogP contribution >= 0.6 is 15.9 Å². The number of amides is 1. The largest absolute Gasteiger partial charge is 0.361 e. The van der Waals surface area contributed by atoms with Gasteiger partial charge in [0.1, 0.15) is 5.82 Å². The molecule has 5 heteroatoms. The molecule has 1 heterocycles. The molecule has 0 bridgehead atoms. The maximum absolute atomic E-state index is 13.6. The molecule has 2 aromatic carbocycles. The Morgan fingerprint density at radius 1 is 1.22 bits per heavy atom. The minimum absolute atomic E-state index is 0.0467. The summed E-state index contributed by atoms with van der Waals surface area (Å²) < 4.78 is 14.4. The van der Waals surface area contributed by atoms with Crippen LogP contribution in [0.3, 0.4) is 0 Å². The van der Waals surface area contributed by atoms with Crippen molar-refractivity contribution in [1.82, 2.24) is 4.98 Å². The van der Waals surface area contributed by atoms with Gasteiger partial charge in [-0.05, 0) is 64.7 Å². The zero-order valence-electron chi connectivity index (χ0n) is 12.2. The number of carbonyl (C=O) groups excluding carboxylic acids is 1. The van der Waals surface area contributed by atoms with Crippen LogP contribution in [0.1, 0.15) is 18.4 Å². The van der Waals surface area contributed by atoms with E-state index in [0.29, 0.717) is 0 Å². The zero-order valence-corrected chi connectivity index (χ0v) is 13.8. The molecule has 0 radical (unpaired) electrons. The third kappa shape index (κ3) is 2.36. The molecule has 1 aliphatic rings. The van der Waals surface area contributed by atoms with Gasteiger partial charge in [-0.3, -0.25) is 4.79 Å². The molecule has 4 rings (SSSR count). The van der Waals surface area contributed by atoms with Gasteiger partial charge in [0.2, 0.25) is 5.91 Å². The number of aromatic nitrogens is 1. The Hall–Kier alpha value is -2.14. The number of hydrogen-bond acceptors (Lipinski definition) is 1. The average Bonchev–Trinajstić information content (AvgIpc) is 3.24. The number of hydrogen-bond donors (Lipinski definition) is 2. The highest BCUT2D eigenvalue weighted by molar-refractivity contribution is 9.10. The van der Waals surface area contributed by atoms with Crippen LogP contribution in [0, 0.1) is 5.82 Å². The number of rotatable bonds is 3. The molecule has 1 saturated carbocycles. The van der Waals surface area contributed by atoms with Crippen molar-refractivity contribution in [1.29, 1.82) is 0 Å². The van der Waals surface area contributed by atoms with Gasteiger partial charge in [-0.15, -0.1) is 0 Å². The Bertz CT molecular complexity index is 914. The fourth-order valence-electron chi connectivity index (χ4n) is 3.04. The number of aromatic amines is 1. The van der Waals surface area contributed by atoms with Crippen molar-refractivity contribution >= 4 is 38.4 Å². The van der Waals surface area contributed by atoms with Gasteiger partial charge in [0.25, 0.3) is 0 Å². The predicted octanol–water partition coefficient (Wildman–Crippen LogP) is 4.74. The number of anilines is 1. The third-order valence-corrected chi connectivity index (χ3v) is 5.16. The van der Waals surface area contributed by atoms with Crippen LogP contribution < -0.4 is 5.32 Å². The van der Waals surface area contributed by atoms with E-state index in [1.807, 2.05) is 30.5 Å². The van der Waals surface area contributed by atoms with Gasteiger partial charge in [-0.2, -0.15) is 0 Å². The second-order valence-corrected chi connectivity index (χ2v) is 6.76. The highest BCUT2D eigenvalue weighted by atomic mass is 79.9. The van der Waals surface area contributed by atoms with Crippen molar-refractivity contribution < 1.29 is 9.18 Å². The van der Waals surface area contributed by atoms with Gasteiger partial charge in [0.15, 0.2) is 0 Å². The fraction of sp³-hybridized carbons (Fsp3) is 0.167. The molecule has 1 amide bonds. The molecule has 3 nitrogen and oxygen atoms in total. The van der Waals surface area contributed by atoms with Crippen molar-refractivity contribution in [2.24, 2.45) is 0 Å². The molecule has 1 fully saturated rings. The second-order valence-electron chi connectivity index (χ2n) is 5.91. The van der Waals surface area contributed by atoms with Crippen molar-refractivity contribution in [2.75, 3.05) is 5.32 Å². The molecule has 0 aliphatic heterocycles. The summed E-state index contributed by atoms with van der Waals surface area (Å²) in [5.41, 5.74) is 1.90. The molecule has 1 aromatic heterocycles. The molecular weight excluding hydrogens is 359 g/mol. The fourth-order valence-corrected chi connectivity index (χ4v) is 3.42. The summed E-state index contributed by atoms with van der Waals surface area (Å²) >= 11 is 3.44. The first kappa shape index (κ1) is 14.5. The van der Waals surface area contributed by atoms with E-state index in [0.717, 1.165) is 39.5 Å². The summed E-state index contributed by atoms with van der Waals surface area (Å²) in [5.74, 6) is -0.338. The van der Waals surface area contributed by atoms with Crippen LogP contribution in [0.25, 0.3) is 10.9 Å². The number of benzene rings is 2. The van der Waals surface area contributed by atoms with Crippen LogP contribution in [0.15, 0.2) is 53.1 Å². The maximum Gasteiger partial charge on any atom is 0.235 e. The Morgan fingerprint density at radius 2 is 2.00 bits per heavy atom. The van der Waals surface area contributed by atoms with Gasteiger partial charge in [0, 0.05) is 21.6 Å². The molecule has 23 heavy (non-hydrogen) atoms. The van der Waals surface area contributed by atoms with E-state index in [9.17, 15) is 9.18 Å². The van der Waals surface area contributed by atoms with Crippen LogP contribution in [0.2, 0.25) is 0 Å². The average molecular weight is 373 g/mol. The van der Waals surface area contributed by atoms with Crippen LogP contribution in [-0.4, -0.2) is 10.9 Å². The van der Waals surface area contributed by atoms with Crippen molar-refractivity contribution in [3.63, 3.8) is 0 Å². The van der Waals surface area contributed by atoms with Gasteiger partial charge < -0.3 is 10.3 Å². The van der Waals surface area contributed by atoms with Gasteiger partial charge >= 0.3 is 0 Å². The number of carbonyl (C=O) groups is 1. The minimum atomic E-state index is -0.568. The number of H-pyrrole nitrogens is 1. The molecule has 116 valence electrons. The highest BCUT2D eigenvalue weighted by Gasteiger charge is 2.52. The molecule has 3 aromatic rings.